The molecule has 0 heterocycles. The number of phenols is 1. The number of nitrogens with two attached hydrogens (primary N) is 1. The molecule has 0 amide bonds. The van der Waals surface area contributed by atoms with Gasteiger partial charge < -0.3 is 10.8 Å². The normalized spacial score (nSPS) is 10.6. The lowest BCUT2D eigenvalue weighted by molar-refractivity contribution is 0.476. The number of aromatic hydroxyl groups is 1. The molecule has 0 bridgehead atoms. The van der Waals surface area contributed by atoms with Crippen molar-refractivity contribution in [3.63, 3.8) is 0 Å². The van der Waals surface area contributed by atoms with Gasteiger partial charge in [-0.2, -0.15) is 0 Å². The molecule has 14 heavy (non-hydrogen) atoms. The second-order valence-electron chi connectivity index (χ2n) is 3.18. The molecule has 72 valence electrons. The lowest BCUT2D eigenvalue weighted by atomic mass is 10.0. The predicted octanol–water partition coefficient (Wildman–Crippen LogP) is 2.60. The third-order valence-electron chi connectivity index (χ3n) is 2.22. The van der Waals surface area contributed by atoms with Crippen molar-refractivity contribution in [2.24, 2.45) is 0 Å². The summed E-state index contributed by atoms with van der Waals surface area (Å²) in [5.41, 5.74) is 6.67. The summed E-state index contributed by atoms with van der Waals surface area (Å²) in [5, 5.41) is 10.8. The van der Waals surface area contributed by atoms with Gasteiger partial charge in [-0.15, -0.1) is 0 Å². The molecule has 2 rings (SSSR count). The fourth-order valence-corrected chi connectivity index (χ4v) is 1.64. The summed E-state index contributed by atoms with van der Waals surface area (Å²) in [6.07, 6.45) is 0. The molecule has 2 aromatic carbocycles. The summed E-state index contributed by atoms with van der Waals surface area (Å²) in [5.74, 6) is 0.103. The van der Waals surface area contributed by atoms with Gasteiger partial charge >= 0.3 is 0 Å². The number of rotatable bonds is 1. The van der Waals surface area contributed by atoms with Crippen molar-refractivity contribution < 1.29 is 9.50 Å². The van der Waals surface area contributed by atoms with E-state index < -0.39 is 6.67 Å². The molecule has 0 atom stereocenters. The van der Waals surface area contributed by atoms with E-state index in [4.69, 9.17) is 5.73 Å². The number of phenolic OH excluding ortho intramolecular Hbond substituents is 1. The summed E-state index contributed by atoms with van der Waals surface area (Å²) >= 11 is 0. The molecular formula is C11H10FNO. The Labute approximate surface area is 80.8 Å². The average Bonchev–Trinajstić information content (AvgIpc) is 2.16. The van der Waals surface area contributed by atoms with Crippen LogP contribution in [0.2, 0.25) is 0 Å². The van der Waals surface area contributed by atoms with Crippen LogP contribution in [0.5, 0.6) is 5.75 Å². The van der Waals surface area contributed by atoms with Crippen molar-refractivity contribution in [1.82, 2.24) is 0 Å². The van der Waals surface area contributed by atoms with Gasteiger partial charge in [-0.3, -0.25) is 0 Å². The van der Waals surface area contributed by atoms with Crippen LogP contribution >= 0.6 is 0 Å². The number of alkyl halides is 1. The lowest BCUT2D eigenvalue weighted by Crippen LogP contribution is -1.90. The Hall–Kier alpha value is -1.77. The molecule has 0 aliphatic rings. The average molecular weight is 191 g/mol. The van der Waals surface area contributed by atoms with Gasteiger partial charge in [0.2, 0.25) is 0 Å². The largest absolute Gasteiger partial charge is 0.508 e. The Bertz CT molecular complexity index is 482. The van der Waals surface area contributed by atoms with Gasteiger partial charge in [0.15, 0.2) is 0 Å². The van der Waals surface area contributed by atoms with Crippen molar-refractivity contribution in [2.75, 3.05) is 5.73 Å². The van der Waals surface area contributed by atoms with Gasteiger partial charge in [0.25, 0.3) is 0 Å². The molecule has 3 heteroatoms. The summed E-state index contributed by atoms with van der Waals surface area (Å²) in [6.45, 7) is -0.549. The van der Waals surface area contributed by atoms with E-state index >= 15 is 0 Å². The van der Waals surface area contributed by atoms with Crippen LogP contribution in [0.3, 0.4) is 0 Å². The predicted molar refractivity (Wildman–Crippen MR) is 54.8 cm³/mol. The first kappa shape index (κ1) is 8.81. The third kappa shape index (κ3) is 1.27. The van der Waals surface area contributed by atoms with Crippen LogP contribution in [-0.4, -0.2) is 5.11 Å². The molecule has 0 aromatic heterocycles. The van der Waals surface area contributed by atoms with Crippen LogP contribution in [0.25, 0.3) is 10.8 Å². The van der Waals surface area contributed by atoms with Gasteiger partial charge in [-0.25, -0.2) is 4.39 Å². The van der Waals surface area contributed by atoms with Crippen LogP contribution < -0.4 is 5.73 Å². The highest BCUT2D eigenvalue weighted by Crippen LogP contribution is 2.29. The van der Waals surface area contributed by atoms with Gasteiger partial charge in [0.05, 0.1) is 0 Å². The smallest absolute Gasteiger partial charge is 0.118 e. The summed E-state index contributed by atoms with van der Waals surface area (Å²) in [6, 6.07) is 8.24. The number of hydrogen-bond acceptors (Lipinski definition) is 2. The molecule has 2 nitrogen and oxygen atoms in total. The van der Waals surface area contributed by atoms with Crippen LogP contribution in [0, 0.1) is 0 Å². The molecule has 0 saturated carbocycles. The highest BCUT2D eigenvalue weighted by Gasteiger charge is 2.05. The molecule has 3 N–H and O–H groups in total. The van der Waals surface area contributed by atoms with E-state index in [1.54, 1.807) is 24.3 Å². The zero-order chi connectivity index (χ0) is 10.1. The molecule has 0 radical (unpaired) electrons. The molecule has 0 fully saturated rings. The van der Waals surface area contributed by atoms with E-state index in [0.29, 0.717) is 16.6 Å². The van der Waals surface area contributed by atoms with Gasteiger partial charge in [-0.1, -0.05) is 18.2 Å². The van der Waals surface area contributed by atoms with E-state index in [1.165, 1.54) is 6.07 Å². The summed E-state index contributed by atoms with van der Waals surface area (Å²) < 4.78 is 12.6. The van der Waals surface area contributed by atoms with Crippen LogP contribution in [0.4, 0.5) is 10.1 Å². The fourth-order valence-electron chi connectivity index (χ4n) is 1.64. The number of nitrogen functional groups attached to an aromatic ring is 1. The minimum Gasteiger partial charge on any atom is -0.508 e. The Morgan fingerprint density at radius 3 is 2.79 bits per heavy atom. The summed E-state index contributed by atoms with van der Waals surface area (Å²) in [4.78, 5) is 0. The van der Waals surface area contributed by atoms with Crippen molar-refractivity contribution in [1.29, 1.82) is 0 Å². The molecule has 0 aliphatic carbocycles. The first-order chi connectivity index (χ1) is 6.72. The lowest BCUT2D eigenvalue weighted by Gasteiger charge is -2.06. The molecule has 2 aromatic rings. The number of halogens is 1. The minimum absolute atomic E-state index is 0.103. The molecule has 0 aliphatic heterocycles. The number of fused-ring (bicyclic) bond motifs is 1. The van der Waals surface area contributed by atoms with Crippen LogP contribution in [0.15, 0.2) is 30.3 Å². The van der Waals surface area contributed by atoms with Gasteiger partial charge in [0, 0.05) is 17.1 Å². The zero-order valence-electron chi connectivity index (χ0n) is 7.50. The van der Waals surface area contributed by atoms with Gasteiger partial charge in [0.1, 0.15) is 12.4 Å². The van der Waals surface area contributed by atoms with Crippen molar-refractivity contribution in [2.45, 2.75) is 6.67 Å². The monoisotopic (exact) mass is 191 g/mol. The van der Waals surface area contributed by atoms with E-state index in [9.17, 15) is 9.50 Å². The first-order valence-electron chi connectivity index (χ1n) is 4.28. The maximum atomic E-state index is 12.6. The molecule has 0 spiro atoms. The topological polar surface area (TPSA) is 46.2 Å². The standard InChI is InChI=1S/C11H10FNO/c12-6-8-3-1-2-7-4-9(14)5-10(13)11(7)8/h1-5,14H,6,13H2. The van der Waals surface area contributed by atoms with E-state index in [1.807, 2.05) is 0 Å². The van der Waals surface area contributed by atoms with E-state index in [2.05, 4.69) is 0 Å². The quantitative estimate of drug-likeness (QED) is 0.680. The second-order valence-corrected chi connectivity index (χ2v) is 3.18. The highest BCUT2D eigenvalue weighted by atomic mass is 19.1. The second kappa shape index (κ2) is 3.18. The Morgan fingerprint density at radius 1 is 1.29 bits per heavy atom. The first-order valence-corrected chi connectivity index (χ1v) is 4.28. The molecular weight excluding hydrogens is 181 g/mol. The Balaban J connectivity index is 2.87. The minimum atomic E-state index is -0.549. The number of benzene rings is 2. The number of hydrogen-bond donors (Lipinski definition) is 2. The zero-order valence-corrected chi connectivity index (χ0v) is 7.50. The molecule has 0 saturated heterocycles. The Kier molecular flexibility index (Phi) is 2.00. The SMILES string of the molecule is Nc1cc(O)cc2cccc(CF)c12. The van der Waals surface area contributed by atoms with Crippen molar-refractivity contribution in [3.05, 3.63) is 35.9 Å². The molecule has 0 unspecified atom stereocenters. The van der Waals surface area contributed by atoms with E-state index in [0.717, 1.165) is 5.39 Å². The van der Waals surface area contributed by atoms with Crippen LogP contribution in [-0.2, 0) is 6.67 Å². The van der Waals surface area contributed by atoms with E-state index in [-0.39, 0.29) is 5.75 Å². The third-order valence-corrected chi connectivity index (χ3v) is 2.22. The van der Waals surface area contributed by atoms with Crippen molar-refractivity contribution >= 4 is 16.5 Å². The Morgan fingerprint density at radius 2 is 2.07 bits per heavy atom. The number of anilines is 1. The summed E-state index contributed by atoms with van der Waals surface area (Å²) in [7, 11) is 0. The van der Waals surface area contributed by atoms with Gasteiger partial charge in [-0.05, 0) is 17.0 Å². The highest BCUT2D eigenvalue weighted by molar-refractivity contribution is 5.96. The van der Waals surface area contributed by atoms with Crippen LogP contribution in [0.1, 0.15) is 5.56 Å². The fraction of sp³-hybridized carbons (Fsp3) is 0.0909. The van der Waals surface area contributed by atoms with Crippen molar-refractivity contribution in [3.8, 4) is 5.75 Å². The maximum absolute atomic E-state index is 12.6. The maximum Gasteiger partial charge on any atom is 0.118 e.